The minimum absolute atomic E-state index is 0.293. The number of benzene rings is 2. The Morgan fingerprint density at radius 1 is 1.03 bits per heavy atom. The predicted molar refractivity (Wildman–Crippen MR) is 134 cm³/mol. The molecule has 3 heterocycles. The normalized spacial score (nSPS) is 19.8. The lowest BCUT2D eigenvalue weighted by molar-refractivity contribution is 0.0939. The SMILES string of the molecule is Cc1nc(-c2ccc(N3CC(CN4CCN(S(=O)(=O)C=Cc5ccccc5)CC4)OC3=O)cc2)no1. The number of nitrogens with zero attached hydrogens (tertiary/aromatic N) is 5. The second-order valence-electron chi connectivity index (χ2n) is 8.76. The number of piperazine rings is 1. The first-order chi connectivity index (χ1) is 17.4. The van der Waals surface area contributed by atoms with E-state index in [2.05, 4.69) is 15.0 Å². The Morgan fingerprint density at radius 3 is 2.42 bits per heavy atom. The molecule has 0 spiro atoms. The molecule has 0 aliphatic carbocycles. The van der Waals surface area contributed by atoms with Crippen LogP contribution in [0.4, 0.5) is 10.5 Å². The first-order valence-electron chi connectivity index (χ1n) is 11.7. The summed E-state index contributed by atoms with van der Waals surface area (Å²) in [6, 6.07) is 16.7. The number of carbonyl (C=O) groups is 1. The lowest BCUT2D eigenvalue weighted by atomic mass is 10.2. The van der Waals surface area contributed by atoms with Crippen LogP contribution in [0.1, 0.15) is 11.5 Å². The molecule has 3 aromatic rings. The second kappa shape index (κ2) is 10.2. The molecule has 2 fully saturated rings. The maximum atomic E-state index is 12.7. The van der Waals surface area contributed by atoms with Gasteiger partial charge in [0.25, 0.3) is 0 Å². The van der Waals surface area contributed by atoms with Crippen molar-refractivity contribution in [3.8, 4) is 11.4 Å². The summed E-state index contributed by atoms with van der Waals surface area (Å²) in [6.07, 6.45) is 0.929. The van der Waals surface area contributed by atoms with Crippen molar-refractivity contribution in [1.82, 2.24) is 19.3 Å². The van der Waals surface area contributed by atoms with E-state index in [0.29, 0.717) is 51.0 Å². The Morgan fingerprint density at radius 2 is 1.75 bits per heavy atom. The quantitative estimate of drug-likeness (QED) is 0.478. The maximum Gasteiger partial charge on any atom is 0.414 e. The molecule has 2 saturated heterocycles. The molecule has 1 unspecified atom stereocenters. The largest absolute Gasteiger partial charge is 0.443 e. The Kier molecular flexibility index (Phi) is 6.86. The van der Waals surface area contributed by atoms with Crippen LogP contribution in [0.3, 0.4) is 0 Å². The van der Waals surface area contributed by atoms with Crippen molar-refractivity contribution in [2.75, 3.05) is 44.2 Å². The van der Waals surface area contributed by atoms with Gasteiger partial charge in [-0.25, -0.2) is 13.2 Å². The first-order valence-corrected chi connectivity index (χ1v) is 13.2. The van der Waals surface area contributed by atoms with Crippen LogP contribution >= 0.6 is 0 Å². The van der Waals surface area contributed by atoms with Crippen LogP contribution in [-0.4, -0.2) is 79.2 Å². The Hall–Kier alpha value is -3.54. The highest BCUT2D eigenvalue weighted by molar-refractivity contribution is 7.92. The van der Waals surface area contributed by atoms with E-state index in [1.165, 1.54) is 9.71 Å². The number of aryl methyl sites for hydroxylation is 1. The van der Waals surface area contributed by atoms with Crippen molar-refractivity contribution in [3.05, 3.63) is 71.5 Å². The van der Waals surface area contributed by atoms with Crippen LogP contribution in [0.25, 0.3) is 17.5 Å². The summed E-state index contributed by atoms with van der Waals surface area (Å²) in [5.41, 5.74) is 2.37. The molecule has 0 saturated carbocycles. The summed E-state index contributed by atoms with van der Waals surface area (Å²) in [6.45, 7) is 4.64. The molecule has 1 atom stereocenters. The number of anilines is 1. The van der Waals surface area contributed by atoms with Gasteiger partial charge in [-0.1, -0.05) is 35.5 Å². The number of carbonyl (C=O) groups excluding carboxylic acids is 1. The summed E-state index contributed by atoms with van der Waals surface area (Å²) in [5, 5.41) is 5.17. The van der Waals surface area contributed by atoms with E-state index in [0.717, 1.165) is 16.8 Å². The van der Waals surface area contributed by atoms with Gasteiger partial charge in [0, 0.05) is 56.3 Å². The van der Waals surface area contributed by atoms with Crippen LogP contribution in [0.5, 0.6) is 0 Å². The predicted octanol–water partition coefficient (Wildman–Crippen LogP) is 2.99. The van der Waals surface area contributed by atoms with E-state index in [9.17, 15) is 13.2 Å². The standard InChI is InChI=1S/C25H27N5O5S/c1-19-26-24(27-35-19)21-7-9-22(10-8-21)30-18-23(34-25(30)31)17-28-12-14-29(15-13-28)36(32,33)16-11-20-5-3-2-4-6-20/h2-11,16,23H,12-15,17-18H2,1H3. The van der Waals surface area contributed by atoms with E-state index in [1.807, 2.05) is 54.6 Å². The molecule has 11 heteroatoms. The van der Waals surface area contributed by atoms with E-state index in [-0.39, 0.29) is 6.10 Å². The molecular formula is C25H27N5O5S. The minimum atomic E-state index is -3.49. The molecular weight excluding hydrogens is 482 g/mol. The molecule has 5 rings (SSSR count). The molecule has 0 N–H and O–H groups in total. The third-order valence-electron chi connectivity index (χ3n) is 6.22. The van der Waals surface area contributed by atoms with Gasteiger partial charge in [-0.2, -0.15) is 9.29 Å². The number of cyclic esters (lactones) is 1. The summed E-state index contributed by atoms with van der Waals surface area (Å²) >= 11 is 0. The Bertz CT molecular complexity index is 1330. The van der Waals surface area contributed by atoms with E-state index in [1.54, 1.807) is 17.9 Å². The fourth-order valence-electron chi connectivity index (χ4n) is 4.30. The van der Waals surface area contributed by atoms with Crippen molar-refractivity contribution in [2.24, 2.45) is 0 Å². The number of hydrogen-bond acceptors (Lipinski definition) is 8. The van der Waals surface area contributed by atoms with Crippen LogP contribution in [-0.2, 0) is 14.8 Å². The maximum absolute atomic E-state index is 12.7. The van der Waals surface area contributed by atoms with Crippen molar-refractivity contribution in [3.63, 3.8) is 0 Å². The van der Waals surface area contributed by atoms with Gasteiger partial charge in [-0.3, -0.25) is 9.80 Å². The molecule has 36 heavy (non-hydrogen) atoms. The average molecular weight is 510 g/mol. The number of rotatable bonds is 7. The molecule has 2 aliphatic rings. The molecule has 188 valence electrons. The number of ether oxygens (including phenoxy) is 1. The summed E-state index contributed by atoms with van der Waals surface area (Å²) in [5.74, 6) is 0.986. The van der Waals surface area contributed by atoms with E-state index >= 15 is 0 Å². The molecule has 2 aromatic carbocycles. The second-order valence-corrected chi connectivity index (χ2v) is 10.6. The highest BCUT2D eigenvalue weighted by atomic mass is 32.2. The number of sulfonamides is 1. The van der Waals surface area contributed by atoms with Gasteiger partial charge in [-0.15, -0.1) is 0 Å². The topological polar surface area (TPSA) is 109 Å². The monoisotopic (exact) mass is 509 g/mol. The van der Waals surface area contributed by atoms with Gasteiger partial charge >= 0.3 is 6.09 Å². The van der Waals surface area contributed by atoms with Gasteiger partial charge in [0.2, 0.25) is 21.7 Å². The number of aromatic nitrogens is 2. The number of hydrogen-bond donors (Lipinski definition) is 0. The van der Waals surface area contributed by atoms with Crippen molar-refractivity contribution < 1.29 is 22.5 Å². The third kappa shape index (κ3) is 5.48. The zero-order chi connectivity index (χ0) is 25.1. The summed E-state index contributed by atoms with van der Waals surface area (Å²) < 4.78 is 37.5. The average Bonchev–Trinajstić information content (AvgIpc) is 3.49. The molecule has 0 bridgehead atoms. The lowest BCUT2D eigenvalue weighted by Gasteiger charge is -2.34. The van der Waals surface area contributed by atoms with E-state index in [4.69, 9.17) is 9.26 Å². The van der Waals surface area contributed by atoms with E-state index < -0.39 is 16.1 Å². The first kappa shape index (κ1) is 24.2. The highest BCUT2D eigenvalue weighted by Gasteiger charge is 2.35. The molecule has 0 radical (unpaired) electrons. The Balaban J connectivity index is 1.13. The summed E-state index contributed by atoms with van der Waals surface area (Å²) in [7, 11) is -3.49. The van der Waals surface area contributed by atoms with Gasteiger partial charge in [0.15, 0.2) is 0 Å². The zero-order valence-electron chi connectivity index (χ0n) is 19.9. The fourth-order valence-corrected chi connectivity index (χ4v) is 5.48. The van der Waals surface area contributed by atoms with Gasteiger partial charge in [-0.05, 0) is 35.9 Å². The van der Waals surface area contributed by atoms with Crippen LogP contribution in [0.2, 0.25) is 0 Å². The van der Waals surface area contributed by atoms with Crippen molar-refractivity contribution >= 4 is 27.9 Å². The number of amides is 1. The van der Waals surface area contributed by atoms with Gasteiger partial charge in [0.1, 0.15) is 6.10 Å². The Labute approximate surface area is 209 Å². The summed E-state index contributed by atoms with van der Waals surface area (Å²) in [4.78, 5) is 20.5. The van der Waals surface area contributed by atoms with Gasteiger partial charge < -0.3 is 9.26 Å². The smallest absolute Gasteiger partial charge is 0.414 e. The minimum Gasteiger partial charge on any atom is -0.443 e. The highest BCUT2D eigenvalue weighted by Crippen LogP contribution is 2.25. The van der Waals surface area contributed by atoms with Crippen molar-refractivity contribution in [1.29, 1.82) is 0 Å². The lowest BCUT2D eigenvalue weighted by Crippen LogP contribution is -2.50. The zero-order valence-corrected chi connectivity index (χ0v) is 20.7. The third-order valence-corrected chi connectivity index (χ3v) is 7.79. The molecule has 1 aromatic heterocycles. The van der Waals surface area contributed by atoms with Crippen molar-refractivity contribution in [2.45, 2.75) is 13.0 Å². The fraction of sp³-hybridized carbons (Fsp3) is 0.320. The molecule has 2 aliphatic heterocycles. The van der Waals surface area contributed by atoms with Crippen LogP contribution in [0, 0.1) is 6.92 Å². The molecule has 10 nitrogen and oxygen atoms in total. The van der Waals surface area contributed by atoms with Crippen LogP contribution < -0.4 is 4.90 Å². The van der Waals surface area contributed by atoms with Crippen LogP contribution in [0.15, 0.2) is 64.5 Å². The molecule has 1 amide bonds. The van der Waals surface area contributed by atoms with Gasteiger partial charge in [0.05, 0.1) is 6.54 Å².